The topological polar surface area (TPSA) is 46.5 Å². The molecule has 2 rings (SSSR count). The van der Waals surface area contributed by atoms with Gasteiger partial charge in [0.2, 0.25) is 0 Å². The van der Waals surface area contributed by atoms with Crippen molar-refractivity contribution >= 4 is 5.91 Å². The van der Waals surface area contributed by atoms with Gasteiger partial charge in [0.25, 0.3) is 5.91 Å². The Kier molecular flexibility index (Phi) is 2.39. The second-order valence-corrected chi connectivity index (χ2v) is 4.24. The van der Waals surface area contributed by atoms with Crippen LogP contribution in [-0.2, 0) is 10.2 Å². The molecule has 1 aromatic carbocycles. The summed E-state index contributed by atoms with van der Waals surface area (Å²) in [4.78, 5) is 22.1. The van der Waals surface area contributed by atoms with Crippen LogP contribution in [0.15, 0.2) is 35.5 Å². The second-order valence-electron chi connectivity index (χ2n) is 4.24. The lowest BCUT2D eigenvalue weighted by atomic mass is 9.77. The molecule has 1 atom stereocenters. The first-order valence-corrected chi connectivity index (χ1v) is 5.13. The van der Waals surface area contributed by atoms with E-state index in [9.17, 15) is 9.70 Å². The molecule has 15 heavy (non-hydrogen) atoms. The van der Waals surface area contributed by atoms with Crippen LogP contribution < -0.4 is 0 Å². The van der Waals surface area contributed by atoms with Crippen molar-refractivity contribution in [1.82, 2.24) is 0 Å². The molecule has 1 unspecified atom stereocenters. The van der Waals surface area contributed by atoms with Gasteiger partial charge in [0.15, 0.2) is 0 Å². The molecular weight excluding hydrogens is 190 g/mol. The Balaban J connectivity index is 2.43. The standard InChI is InChI=1S/C12H13NO2/c1-12(10-7-8-10,11(14)13-15)9-5-3-2-4-6-9/h2-6,10H,7-8H2,1H3. The largest absolute Gasteiger partial charge is 0.296 e. The zero-order valence-corrected chi connectivity index (χ0v) is 8.64. The predicted octanol–water partition coefficient (Wildman–Crippen LogP) is 2.65. The molecule has 0 saturated heterocycles. The average Bonchev–Trinajstić information content (AvgIpc) is 3.12. The number of carbonyl (C=O) groups is 1. The number of hydrogen-bond acceptors (Lipinski definition) is 2. The predicted molar refractivity (Wildman–Crippen MR) is 57.3 cm³/mol. The maximum Gasteiger partial charge on any atom is 0.296 e. The van der Waals surface area contributed by atoms with E-state index in [1.54, 1.807) is 0 Å². The van der Waals surface area contributed by atoms with Crippen molar-refractivity contribution in [2.24, 2.45) is 11.1 Å². The van der Waals surface area contributed by atoms with E-state index in [2.05, 4.69) is 5.18 Å². The van der Waals surface area contributed by atoms with E-state index in [0.29, 0.717) is 0 Å². The quantitative estimate of drug-likeness (QED) is 0.709. The van der Waals surface area contributed by atoms with Crippen molar-refractivity contribution in [2.45, 2.75) is 25.2 Å². The first kappa shape index (κ1) is 10.0. The zero-order valence-electron chi connectivity index (χ0n) is 8.64. The smallest absolute Gasteiger partial charge is 0.268 e. The third kappa shape index (κ3) is 1.58. The molecule has 3 nitrogen and oxygen atoms in total. The highest BCUT2D eigenvalue weighted by Crippen LogP contribution is 2.47. The Morgan fingerprint density at radius 3 is 2.40 bits per heavy atom. The maximum absolute atomic E-state index is 11.6. The summed E-state index contributed by atoms with van der Waals surface area (Å²) in [6.45, 7) is 1.82. The van der Waals surface area contributed by atoms with E-state index >= 15 is 0 Å². The molecule has 1 aliphatic rings. The molecule has 0 radical (unpaired) electrons. The number of amides is 1. The summed E-state index contributed by atoms with van der Waals surface area (Å²) in [6, 6.07) is 9.44. The van der Waals surface area contributed by atoms with Crippen LogP contribution >= 0.6 is 0 Å². The summed E-state index contributed by atoms with van der Waals surface area (Å²) < 4.78 is 0. The van der Waals surface area contributed by atoms with Crippen LogP contribution in [0.25, 0.3) is 0 Å². The van der Waals surface area contributed by atoms with E-state index in [0.717, 1.165) is 18.4 Å². The SMILES string of the molecule is CC(C(=O)N=O)(c1ccccc1)C1CC1. The Morgan fingerprint density at radius 2 is 1.93 bits per heavy atom. The number of rotatable bonds is 3. The van der Waals surface area contributed by atoms with Gasteiger partial charge in [-0.05, 0) is 31.2 Å². The summed E-state index contributed by atoms with van der Waals surface area (Å²) in [5, 5.41) is 2.61. The number of carbonyl (C=O) groups excluding carboxylic acids is 1. The van der Waals surface area contributed by atoms with E-state index in [-0.39, 0.29) is 5.92 Å². The van der Waals surface area contributed by atoms with Gasteiger partial charge in [-0.15, -0.1) is 4.91 Å². The molecule has 1 amide bonds. The Hall–Kier alpha value is -1.51. The van der Waals surface area contributed by atoms with Crippen LogP contribution in [0, 0.1) is 10.8 Å². The lowest BCUT2D eigenvalue weighted by Crippen LogP contribution is -2.33. The van der Waals surface area contributed by atoms with Gasteiger partial charge in [0.1, 0.15) is 0 Å². The van der Waals surface area contributed by atoms with Gasteiger partial charge in [-0.1, -0.05) is 30.3 Å². The molecule has 0 heterocycles. The molecule has 0 aliphatic heterocycles. The average molecular weight is 203 g/mol. The minimum Gasteiger partial charge on any atom is -0.268 e. The molecule has 3 heteroatoms. The van der Waals surface area contributed by atoms with Crippen molar-refractivity contribution in [3.63, 3.8) is 0 Å². The number of nitroso groups, excluding NO2 is 1. The zero-order chi connectivity index (χ0) is 10.9. The lowest BCUT2D eigenvalue weighted by molar-refractivity contribution is -0.123. The van der Waals surface area contributed by atoms with Crippen molar-refractivity contribution in [3.8, 4) is 0 Å². The van der Waals surface area contributed by atoms with Crippen molar-refractivity contribution in [1.29, 1.82) is 0 Å². The first-order chi connectivity index (χ1) is 7.19. The summed E-state index contributed by atoms with van der Waals surface area (Å²) in [5.74, 6) is -0.263. The minimum atomic E-state index is -0.705. The molecular formula is C12H13NO2. The molecule has 1 saturated carbocycles. The molecule has 1 aliphatic carbocycles. The fraction of sp³-hybridized carbons (Fsp3) is 0.417. The lowest BCUT2D eigenvalue weighted by Gasteiger charge is -2.24. The maximum atomic E-state index is 11.6. The fourth-order valence-electron chi connectivity index (χ4n) is 2.07. The third-order valence-corrected chi connectivity index (χ3v) is 3.29. The van der Waals surface area contributed by atoms with E-state index < -0.39 is 11.3 Å². The molecule has 1 aromatic rings. The fourth-order valence-corrected chi connectivity index (χ4v) is 2.07. The van der Waals surface area contributed by atoms with Gasteiger partial charge in [-0.2, -0.15) is 0 Å². The van der Waals surface area contributed by atoms with Crippen LogP contribution in [0.2, 0.25) is 0 Å². The summed E-state index contributed by atoms with van der Waals surface area (Å²) in [6.07, 6.45) is 2.01. The molecule has 0 N–H and O–H groups in total. The van der Waals surface area contributed by atoms with Crippen molar-refractivity contribution in [3.05, 3.63) is 40.8 Å². The van der Waals surface area contributed by atoms with Gasteiger partial charge in [0, 0.05) is 5.18 Å². The summed E-state index contributed by atoms with van der Waals surface area (Å²) in [5.41, 5.74) is 0.195. The Bertz CT molecular complexity index is 384. The van der Waals surface area contributed by atoms with Crippen LogP contribution in [0.5, 0.6) is 0 Å². The number of hydrogen-bond donors (Lipinski definition) is 0. The van der Waals surface area contributed by atoms with E-state index in [1.165, 1.54) is 0 Å². The highest BCUT2D eigenvalue weighted by molar-refractivity contribution is 5.89. The third-order valence-electron chi connectivity index (χ3n) is 3.29. The van der Waals surface area contributed by atoms with Gasteiger partial charge in [-0.25, -0.2) is 0 Å². The Morgan fingerprint density at radius 1 is 1.33 bits per heavy atom. The van der Waals surface area contributed by atoms with E-state index in [4.69, 9.17) is 0 Å². The summed E-state index contributed by atoms with van der Waals surface area (Å²) >= 11 is 0. The van der Waals surface area contributed by atoms with Crippen LogP contribution in [0.4, 0.5) is 0 Å². The van der Waals surface area contributed by atoms with Gasteiger partial charge in [0.05, 0.1) is 5.41 Å². The number of nitrogens with zero attached hydrogens (tertiary/aromatic N) is 1. The molecule has 78 valence electrons. The normalized spacial score (nSPS) is 19.3. The molecule has 0 spiro atoms. The number of benzene rings is 1. The van der Waals surface area contributed by atoms with Gasteiger partial charge >= 0.3 is 0 Å². The van der Waals surface area contributed by atoms with Crippen LogP contribution in [0.3, 0.4) is 0 Å². The van der Waals surface area contributed by atoms with Crippen molar-refractivity contribution < 1.29 is 4.79 Å². The molecule has 0 aromatic heterocycles. The van der Waals surface area contributed by atoms with Crippen LogP contribution in [0.1, 0.15) is 25.3 Å². The highest BCUT2D eigenvalue weighted by atomic mass is 16.3. The van der Waals surface area contributed by atoms with Gasteiger partial charge in [-0.3, -0.25) is 4.79 Å². The summed E-state index contributed by atoms with van der Waals surface area (Å²) in [7, 11) is 0. The minimum absolute atomic E-state index is 0.282. The second kappa shape index (κ2) is 3.57. The van der Waals surface area contributed by atoms with Crippen molar-refractivity contribution in [2.75, 3.05) is 0 Å². The molecule has 0 bridgehead atoms. The Labute approximate surface area is 88.5 Å². The van der Waals surface area contributed by atoms with Crippen LogP contribution in [-0.4, -0.2) is 5.91 Å². The van der Waals surface area contributed by atoms with E-state index in [1.807, 2.05) is 37.3 Å². The first-order valence-electron chi connectivity index (χ1n) is 5.13. The molecule has 1 fully saturated rings. The highest BCUT2D eigenvalue weighted by Gasteiger charge is 2.48. The van der Waals surface area contributed by atoms with Gasteiger partial charge < -0.3 is 0 Å². The monoisotopic (exact) mass is 203 g/mol.